The molecule has 7 nitrogen and oxygen atoms in total. The van der Waals surface area contributed by atoms with Crippen molar-refractivity contribution in [2.45, 2.75) is 12.5 Å². The third-order valence-electron chi connectivity index (χ3n) is 5.86. The number of carbonyl (C=O) groups excluding carboxylic acids is 2. The van der Waals surface area contributed by atoms with Crippen LogP contribution in [-0.4, -0.2) is 62.1 Å². The number of piperazine rings is 1. The average Bonchev–Trinajstić information content (AvgIpc) is 3.22. The first-order valence-corrected chi connectivity index (χ1v) is 10.8. The molecule has 0 bridgehead atoms. The summed E-state index contributed by atoms with van der Waals surface area (Å²) in [5.41, 5.74) is 2.25. The molecule has 1 aromatic heterocycles. The summed E-state index contributed by atoms with van der Waals surface area (Å²) in [6.45, 7) is 2.11. The van der Waals surface area contributed by atoms with E-state index in [-0.39, 0.29) is 18.3 Å². The molecule has 2 aromatic carbocycles. The van der Waals surface area contributed by atoms with E-state index in [0.717, 1.165) is 10.9 Å². The SMILES string of the molecule is COC(=O)C(c1ccccc1Cl)N1CCN(C(=O)Cc2coc3cc(OC)ccc23)CC1. The molecule has 0 N–H and O–H groups in total. The Bertz CT molecular complexity index is 1120. The number of fused-ring (bicyclic) bond motifs is 1. The summed E-state index contributed by atoms with van der Waals surface area (Å²) in [4.78, 5) is 29.3. The highest BCUT2D eigenvalue weighted by atomic mass is 35.5. The van der Waals surface area contributed by atoms with Crippen LogP contribution in [0.5, 0.6) is 5.75 Å². The predicted molar refractivity (Wildman–Crippen MR) is 121 cm³/mol. The fraction of sp³-hybridized carbons (Fsp3) is 0.333. The number of ether oxygens (including phenoxy) is 2. The van der Waals surface area contributed by atoms with Gasteiger partial charge in [0.15, 0.2) is 0 Å². The van der Waals surface area contributed by atoms with Crippen molar-refractivity contribution in [2.24, 2.45) is 0 Å². The molecule has 32 heavy (non-hydrogen) atoms. The molecule has 168 valence electrons. The largest absolute Gasteiger partial charge is 0.497 e. The lowest BCUT2D eigenvalue weighted by Gasteiger charge is -2.38. The van der Waals surface area contributed by atoms with E-state index in [2.05, 4.69) is 0 Å². The van der Waals surface area contributed by atoms with E-state index in [1.165, 1.54) is 7.11 Å². The summed E-state index contributed by atoms with van der Waals surface area (Å²) in [7, 11) is 2.97. The third kappa shape index (κ3) is 4.45. The molecule has 0 spiro atoms. The maximum Gasteiger partial charge on any atom is 0.327 e. The van der Waals surface area contributed by atoms with Crippen LogP contribution in [0.15, 0.2) is 53.1 Å². The summed E-state index contributed by atoms with van der Waals surface area (Å²) >= 11 is 6.35. The quantitative estimate of drug-likeness (QED) is 0.527. The van der Waals surface area contributed by atoms with Crippen molar-refractivity contribution in [3.05, 3.63) is 64.9 Å². The maximum atomic E-state index is 13.0. The number of rotatable bonds is 6. The number of amides is 1. The van der Waals surface area contributed by atoms with Crippen LogP contribution in [0.25, 0.3) is 11.0 Å². The first-order valence-electron chi connectivity index (χ1n) is 10.4. The van der Waals surface area contributed by atoms with Crippen molar-refractivity contribution >= 4 is 34.4 Å². The standard InChI is InChI=1S/C24H25ClN2O5/c1-30-17-7-8-18-16(15-32-21(18)14-17)13-22(28)26-9-11-27(12-10-26)23(24(29)31-2)19-5-3-4-6-20(19)25/h3-8,14-15,23H,9-13H2,1-2H3. The van der Waals surface area contributed by atoms with Gasteiger partial charge in [-0.25, -0.2) is 4.79 Å². The Morgan fingerprint density at radius 1 is 1.09 bits per heavy atom. The van der Waals surface area contributed by atoms with Crippen LogP contribution in [0.4, 0.5) is 0 Å². The molecular weight excluding hydrogens is 432 g/mol. The van der Waals surface area contributed by atoms with Gasteiger partial charge in [-0.2, -0.15) is 0 Å². The molecule has 1 aliphatic heterocycles. The molecule has 1 unspecified atom stereocenters. The second-order valence-corrected chi connectivity index (χ2v) is 8.07. The summed E-state index contributed by atoms with van der Waals surface area (Å²) in [5.74, 6) is 0.369. The minimum atomic E-state index is -0.598. The molecule has 3 aromatic rings. The Balaban J connectivity index is 1.43. The van der Waals surface area contributed by atoms with E-state index in [4.69, 9.17) is 25.5 Å². The van der Waals surface area contributed by atoms with Gasteiger partial charge in [0.25, 0.3) is 0 Å². The van der Waals surface area contributed by atoms with Crippen LogP contribution in [0.2, 0.25) is 5.02 Å². The van der Waals surface area contributed by atoms with E-state index in [9.17, 15) is 9.59 Å². The van der Waals surface area contributed by atoms with E-state index >= 15 is 0 Å². The molecule has 2 heterocycles. The number of hydrogen-bond acceptors (Lipinski definition) is 6. The van der Waals surface area contributed by atoms with Crippen molar-refractivity contribution in [3.63, 3.8) is 0 Å². The number of hydrogen-bond donors (Lipinski definition) is 0. The normalized spacial score (nSPS) is 15.5. The second kappa shape index (κ2) is 9.63. The molecule has 1 amide bonds. The number of halogens is 1. The van der Waals surface area contributed by atoms with Crippen LogP contribution >= 0.6 is 11.6 Å². The fourth-order valence-electron chi connectivity index (χ4n) is 4.11. The Labute approximate surface area is 191 Å². The average molecular weight is 457 g/mol. The fourth-order valence-corrected chi connectivity index (χ4v) is 4.35. The van der Waals surface area contributed by atoms with Crippen LogP contribution in [0.1, 0.15) is 17.2 Å². The minimum absolute atomic E-state index is 0.0236. The van der Waals surface area contributed by atoms with E-state index < -0.39 is 6.04 Å². The highest BCUT2D eigenvalue weighted by Gasteiger charge is 2.33. The lowest BCUT2D eigenvalue weighted by atomic mass is 10.0. The zero-order chi connectivity index (χ0) is 22.7. The van der Waals surface area contributed by atoms with Crippen LogP contribution in [-0.2, 0) is 20.7 Å². The number of esters is 1. The van der Waals surface area contributed by atoms with Gasteiger partial charge in [-0.15, -0.1) is 0 Å². The van der Waals surface area contributed by atoms with Crippen molar-refractivity contribution in [1.29, 1.82) is 0 Å². The molecule has 0 aliphatic carbocycles. The van der Waals surface area contributed by atoms with Gasteiger partial charge in [-0.3, -0.25) is 9.69 Å². The van der Waals surface area contributed by atoms with E-state index in [1.54, 1.807) is 19.4 Å². The van der Waals surface area contributed by atoms with Crippen LogP contribution in [0, 0.1) is 0 Å². The Kier molecular flexibility index (Phi) is 6.67. The maximum absolute atomic E-state index is 13.0. The summed E-state index contributed by atoms with van der Waals surface area (Å²) in [6, 6.07) is 12.2. The molecule has 8 heteroatoms. The Morgan fingerprint density at radius 2 is 1.84 bits per heavy atom. The first-order chi connectivity index (χ1) is 15.5. The second-order valence-electron chi connectivity index (χ2n) is 7.66. The Morgan fingerprint density at radius 3 is 2.53 bits per heavy atom. The minimum Gasteiger partial charge on any atom is -0.497 e. The van der Waals surface area contributed by atoms with Gasteiger partial charge in [0, 0.05) is 48.2 Å². The number of methoxy groups -OCH3 is 2. The molecule has 0 radical (unpaired) electrons. The number of nitrogens with zero attached hydrogens (tertiary/aromatic N) is 2. The third-order valence-corrected chi connectivity index (χ3v) is 6.21. The van der Waals surface area contributed by atoms with Crippen LogP contribution < -0.4 is 4.74 Å². The highest BCUT2D eigenvalue weighted by Crippen LogP contribution is 2.30. The number of benzene rings is 2. The molecule has 1 atom stereocenters. The zero-order valence-electron chi connectivity index (χ0n) is 18.0. The summed E-state index contributed by atoms with van der Waals surface area (Å²) in [6.07, 6.45) is 1.88. The summed E-state index contributed by atoms with van der Waals surface area (Å²) < 4.78 is 15.9. The van der Waals surface area contributed by atoms with Gasteiger partial charge >= 0.3 is 5.97 Å². The molecule has 1 saturated heterocycles. The molecule has 1 fully saturated rings. The monoisotopic (exact) mass is 456 g/mol. The molecule has 4 rings (SSSR count). The Hall–Kier alpha value is -3.03. The van der Waals surface area contributed by atoms with E-state index in [0.29, 0.717) is 48.1 Å². The van der Waals surface area contributed by atoms with Gasteiger partial charge in [0.05, 0.1) is 26.9 Å². The van der Waals surface area contributed by atoms with Crippen molar-refractivity contribution in [3.8, 4) is 5.75 Å². The van der Waals surface area contributed by atoms with Gasteiger partial charge in [-0.05, 0) is 23.8 Å². The molecule has 0 saturated carbocycles. The van der Waals surface area contributed by atoms with Gasteiger partial charge in [0.2, 0.25) is 5.91 Å². The predicted octanol–water partition coefficient (Wildman–Crippen LogP) is 3.70. The summed E-state index contributed by atoms with van der Waals surface area (Å²) in [5, 5.41) is 1.42. The molecule has 1 aliphatic rings. The lowest BCUT2D eigenvalue weighted by molar-refractivity contribution is -0.148. The van der Waals surface area contributed by atoms with Crippen molar-refractivity contribution < 1.29 is 23.5 Å². The van der Waals surface area contributed by atoms with Gasteiger partial charge in [-0.1, -0.05) is 29.8 Å². The van der Waals surface area contributed by atoms with Crippen molar-refractivity contribution in [1.82, 2.24) is 9.80 Å². The molecular formula is C24H25ClN2O5. The smallest absolute Gasteiger partial charge is 0.327 e. The van der Waals surface area contributed by atoms with Crippen molar-refractivity contribution in [2.75, 3.05) is 40.4 Å². The van der Waals surface area contributed by atoms with Gasteiger partial charge < -0.3 is 18.8 Å². The number of carbonyl (C=O) groups is 2. The zero-order valence-corrected chi connectivity index (χ0v) is 18.8. The topological polar surface area (TPSA) is 72.2 Å². The van der Waals surface area contributed by atoms with Crippen LogP contribution in [0.3, 0.4) is 0 Å². The highest BCUT2D eigenvalue weighted by molar-refractivity contribution is 6.31. The van der Waals surface area contributed by atoms with E-state index in [1.807, 2.05) is 46.2 Å². The van der Waals surface area contributed by atoms with Gasteiger partial charge in [0.1, 0.15) is 17.4 Å². The number of furan rings is 1. The first kappa shape index (κ1) is 22.2. The lowest BCUT2D eigenvalue weighted by Crippen LogP contribution is -2.51.